The van der Waals surface area contributed by atoms with E-state index in [4.69, 9.17) is 23.2 Å². The Kier molecular flexibility index (Phi) is 4.63. The van der Waals surface area contributed by atoms with Gasteiger partial charge in [-0.3, -0.25) is 14.5 Å². The second-order valence-corrected chi connectivity index (χ2v) is 8.49. The summed E-state index contributed by atoms with van der Waals surface area (Å²) in [6, 6.07) is 13.0. The number of halogens is 2. The summed E-state index contributed by atoms with van der Waals surface area (Å²) in [5.41, 5.74) is 1.76. The fourth-order valence-corrected chi connectivity index (χ4v) is 5.41. The Bertz CT molecular complexity index is 905. The maximum atomic E-state index is 13.0. The van der Waals surface area contributed by atoms with E-state index in [0.717, 1.165) is 16.1 Å². The van der Waals surface area contributed by atoms with E-state index in [1.54, 1.807) is 17.0 Å². The van der Waals surface area contributed by atoms with E-state index in [-0.39, 0.29) is 11.8 Å². The van der Waals surface area contributed by atoms with E-state index in [2.05, 4.69) is 5.32 Å². The molecule has 2 aromatic rings. The molecule has 2 aliphatic heterocycles. The lowest BCUT2D eigenvalue weighted by atomic mass is 10.1. The molecule has 7 heteroatoms. The number of amides is 2. The van der Waals surface area contributed by atoms with Gasteiger partial charge in [0.2, 0.25) is 5.91 Å². The van der Waals surface area contributed by atoms with Crippen LogP contribution < -0.4 is 10.2 Å². The fourth-order valence-electron chi connectivity index (χ4n) is 3.47. The van der Waals surface area contributed by atoms with Gasteiger partial charge in [0, 0.05) is 27.9 Å². The van der Waals surface area contributed by atoms with Crippen molar-refractivity contribution in [2.45, 2.75) is 29.0 Å². The predicted octanol–water partition coefficient (Wildman–Crippen LogP) is 4.28. The van der Waals surface area contributed by atoms with Crippen molar-refractivity contribution in [1.29, 1.82) is 0 Å². The van der Waals surface area contributed by atoms with Gasteiger partial charge in [0.25, 0.3) is 5.91 Å². The number of rotatable bonds is 4. The molecule has 26 heavy (non-hydrogen) atoms. The number of carbonyl (C=O) groups excluding carboxylic acids is 2. The fraction of sp³-hybridized carbons (Fsp3) is 0.263. The molecule has 0 radical (unpaired) electrons. The van der Waals surface area contributed by atoms with Crippen molar-refractivity contribution in [3.05, 3.63) is 58.1 Å². The number of nitrogens with one attached hydrogen (secondary N) is 1. The molecular weight excluding hydrogens is 391 g/mol. The van der Waals surface area contributed by atoms with Crippen LogP contribution in [0, 0.1) is 0 Å². The van der Waals surface area contributed by atoms with E-state index in [0.29, 0.717) is 35.9 Å². The molecular formula is C19H16Cl2N2O2S. The molecule has 1 saturated heterocycles. The van der Waals surface area contributed by atoms with E-state index in [1.165, 1.54) is 11.8 Å². The molecule has 2 aliphatic rings. The van der Waals surface area contributed by atoms with Crippen molar-refractivity contribution >= 4 is 52.5 Å². The van der Waals surface area contributed by atoms with Crippen LogP contribution in [0.4, 0.5) is 5.69 Å². The van der Waals surface area contributed by atoms with Crippen molar-refractivity contribution < 1.29 is 9.59 Å². The molecule has 2 aromatic carbocycles. The first-order valence-corrected chi connectivity index (χ1v) is 9.92. The van der Waals surface area contributed by atoms with E-state index in [1.807, 2.05) is 30.3 Å². The molecule has 0 aromatic heterocycles. The summed E-state index contributed by atoms with van der Waals surface area (Å²) < 4.78 is 0. The van der Waals surface area contributed by atoms with E-state index >= 15 is 0 Å². The average Bonchev–Trinajstić information content (AvgIpc) is 3.13. The van der Waals surface area contributed by atoms with Crippen LogP contribution in [0.1, 0.15) is 18.4 Å². The number of fused-ring (bicyclic) bond motifs is 3. The van der Waals surface area contributed by atoms with Crippen LogP contribution >= 0.6 is 35.0 Å². The first kappa shape index (κ1) is 17.7. The molecule has 4 nitrogen and oxygen atoms in total. The Morgan fingerprint density at radius 3 is 2.85 bits per heavy atom. The van der Waals surface area contributed by atoms with Gasteiger partial charge in [-0.2, -0.15) is 0 Å². The SMILES string of the molecule is O=C1CCC2(C(=O)NCCc3ccc(Cl)cc3Cl)Sc3ccccc3N12. The van der Waals surface area contributed by atoms with Gasteiger partial charge in [0.15, 0.2) is 4.87 Å². The highest BCUT2D eigenvalue weighted by atomic mass is 35.5. The minimum Gasteiger partial charge on any atom is -0.353 e. The van der Waals surface area contributed by atoms with Crippen molar-refractivity contribution in [3.8, 4) is 0 Å². The van der Waals surface area contributed by atoms with Crippen LogP contribution in [0.2, 0.25) is 10.0 Å². The average molecular weight is 407 g/mol. The smallest absolute Gasteiger partial charge is 0.257 e. The lowest BCUT2D eigenvalue weighted by Crippen LogP contribution is -2.52. The highest BCUT2D eigenvalue weighted by Crippen LogP contribution is 2.55. The zero-order valence-corrected chi connectivity index (χ0v) is 16.1. The summed E-state index contributed by atoms with van der Waals surface area (Å²) in [6.45, 7) is 0.445. The van der Waals surface area contributed by atoms with Gasteiger partial charge in [-0.05, 0) is 42.7 Å². The number of carbonyl (C=O) groups is 2. The standard InChI is InChI=1S/C19H16Cl2N2O2S/c20-13-6-5-12(14(21)11-13)8-10-22-18(25)19-9-7-17(24)23(19)15-3-1-2-4-16(15)26-19/h1-6,11H,7-10H2,(H,22,25). The lowest BCUT2D eigenvalue weighted by molar-refractivity contribution is -0.124. The van der Waals surface area contributed by atoms with Crippen LogP contribution in [0.15, 0.2) is 47.4 Å². The van der Waals surface area contributed by atoms with Gasteiger partial charge < -0.3 is 5.32 Å². The predicted molar refractivity (Wildman–Crippen MR) is 105 cm³/mol. The van der Waals surface area contributed by atoms with Gasteiger partial charge in [-0.25, -0.2) is 0 Å². The second-order valence-electron chi connectivity index (χ2n) is 6.32. The molecule has 0 spiro atoms. The minimum absolute atomic E-state index is 0.00153. The number of thioether (sulfide) groups is 1. The highest BCUT2D eigenvalue weighted by Gasteiger charge is 2.57. The first-order chi connectivity index (χ1) is 12.5. The van der Waals surface area contributed by atoms with Crippen molar-refractivity contribution in [2.75, 3.05) is 11.4 Å². The van der Waals surface area contributed by atoms with Gasteiger partial charge >= 0.3 is 0 Å². The van der Waals surface area contributed by atoms with E-state index < -0.39 is 4.87 Å². The summed E-state index contributed by atoms with van der Waals surface area (Å²) in [5, 5.41) is 4.16. The Morgan fingerprint density at radius 2 is 2.04 bits per heavy atom. The van der Waals surface area contributed by atoms with Crippen LogP contribution in [0.25, 0.3) is 0 Å². The van der Waals surface area contributed by atoms with Crippen LogP contribution in [-0.2, 0) is 16.0 Å². The highest BCUT2D eigenvalue weighted by molar-refractivity contribution is 8.02. The monoisotopic (exact) mass is 406 g/mol. The molecule has 1 unspecified atom stereocenters. The first-order valence-electron chi connectivity index (χ1n) is 8.34. The number of para-hydroxylation sites is 1. The third-order valence-electron chi connectivity index (χ3n) is 4.72. The van der Waals surface area contributed by atoms with Crippen molar-refractivity contribution in [1.82, 2.24) is 5.32 Å². The lowest BCUT2D eigenvalue weighted by Gasteiger charge is -2.29. The number of nitrogens with zero attached hydrogens (tertiary/aromatic N) is 1. The Balaban J connectivity index is 1.49. The zero-order chi connectivity index (χ0) is 18.3. The second kappa shape index (κ2) is 6.80. The summed E-state index contributed by atoms with van der Waals surface area (Å²) in [6.07, 6.45) is 1.50. The summed E-state index contributed by atoms with van der Waals surface area (Å²) in [7, 11) is 0. The van der Waals surface area contributed by atoms with Gasteiger partial charge in [0.05, 0.1) is 5.69 Å². The van der Waals surface area contributed by atoms with Crippen molar-refractivity contribution in [3.63, 3.8) is 0 Å². The molecule has 1 N–H and O–H groups in total. The number of anilines is 1. The molecule has 2 amide bonds. The Hall–Kier alpha value is -1.69. The van der Waals surface area contributed by atoms with Gasteiger partial charge in [-0.15, -0.1) is 0 Å². The normalized spacial score (nSPS) is 20.8. The molecule has 4 rings (SSSR count). The Morgan fingerprint density at radius 1 is 1.23 bits per heavy atom. The van der Waals surface area contributed by atoms with Gasteiger partial charge in [-0.1, -0.05) is 53.2 Å². The Labute approximate surface area is 165 Å². The minimum atomic E-state index is -0.870. The number of hydrogen-bond donors (Lipinski definition) is 1. The third-order valence-corrected chi connectivity index (χ3v) is 6.78. The van der Waals surface area contributed by atoms with Crippen LogP contribution in [0.5, 0.6) is 0 Å². The molecule has 0 bridgehead atoms. The van der Waals surface area contributed by atoms with E-state index in [9.17, 15) is 9.59 Å². The quantitative estimate of drug-likeness (QED) is 0.823. The maximum absolute atomic E-state index is 13.0. The molecule has 2 heterocycles. The van der Waals surface area contributed by atoms with Crippen LogP contribution in [0.3, 0.4) is 0 Å². The third kappa shape index (κ3) is 2.88. The van der Waals surface area contributed by atoms with Crippen LogP contribution in [-0.4, -0.2) is 23.2 Å². The topological polar surface area (TPSA) is 49.4 Å². The molecule has 1 fully saturated rings. The molecule has 0 saturated carbocycles. The zero-order valence-electron chi connectivity index (χ0n) is 13.8. The maximum Gasteiger partial charge on any atom is 0.257 e. The molecule has 134 valence electrons. The largest absolute Gasteiger partial charge is 0.353 e. The summed E-state index contributed by atoms with van der Waals surface area (Å²) in [4.78, 5) is 27.2. The number of benzene rings is 2. The molecule has 1 atom stereocenters. The van der Waals surface area contributed by atoms with Crippen molar-refractivity contribution in [2.24, 2.45) is 0 Å². The van der Waals surface area contributed by atoms with Gasteiger partial charge in [0.1, 0.15) is 0 Å². The molecule has 0 aliphatic carbocycles. The summed E-state index contributed by atoms with van der Waals surface area (Å²) in [5.74, 6) is -0.131. The summed E-state index contributed by atoms with van der Waals surface area (Å²) >= 11 is 13.6. The number of hydrogen-bond acceptors (Lipinski definition) is 3.